The Labute approximate surface area is 113 Å². The summed E-state index contributed by atoms with van der Waals surface area (Å²) in [6.07, 6.45) is 11.3. The Hall–Kier alpha value is -0.0800. The number of hydrogen-bond acceptors (Lipinski definition) is 2. The van der Waals surface area contributed by atoms with Crippen LogP contribution < -0.4 is 10.6 Å². The van der Waals surface area contributed by atoms with E-state index in [1.165, 1.54) is 77.5 Å². The van der Waals surface area contributed by atoms with Gasteiger partial charge in [-0.25, -0.2) is 0 Å². The maximum absolute atomic E-state index is 3.83. The fourth-order valence-electron chi connectivity index (χ4n) is 3.82. The van der Waals surface area contributed by atoms with Crippen molar-refractivity contribution >= 4 is 0 Å². The summed E-state index contributed by atoms with van der Waals surface area (Å²) in [6, 6.07) is 0. The highest BCUT2D eigenvalue weighted by atomic mass is 14.9. The first kappa shape index (κ1) is 14.3. The normalized spacial score (nSPS) is 27.0. The van der Waals surface area contributed by atoms with Crippen molar-refractivity contribution in [3.05, 3.63) is 0 Å². The molecular formula is C16H32N2. The molecule has 2 fully saturated rings. The van der Waals surface area contributed by atoms with Gasteiger partial charge in [-0.15, -0.1) is 0 Å². The Morgan fingerprint density at radius 3 is 2.22 bits per heavy atom. The molecule has 0 unspecified atom stereocenters. The van der Waals surface area contributed by atoms with E-state index >= 15 is 0 Å². The zero-order valence-corrected chi connectivity index (χ0v) is 12.5. The summed E-state index contributed by atoms with van der Waals surface area (Å²) in [5, 5.41) is 7.32. The van der Waals surface area contributed by atoms with Crippen molar-refractivity contribution in [2.45, 2.75) is 65.2 Å². The minimum Gasteiger partial charge on any atom is -0.317 e. The molecule has 1 aliphatic heterocycles. The summed E-state index contributed by atoms with van der Waals surface area (Å²) < 4.78 is 0. The minimum atomic E-state index is 0.580. The highest BCUT2D eigenvalue weighted by Gasteiger charge is 2.31. The second-order valence-electron chi connectivity index (χ2n) is 7.08. The van der Waals surface area contributed by atoms with Crippen LogP contribution in [0.15, 0.2) is 0 Å². The van der Waals surface area contributed by atoms with E-state index in [2.05, 4.69) is 24.5 Å². The maximum atomic E-state index is 3.83. The first-order chi connectivity index (χ1) is 8.68. The molecule has 2 N–H and O–H groups in total. The Bertz CT molecular complexity index is 237. The molecule has 2 nitrogen and oxygen atoms in total. The third-order valence-electron chi connectivity index (χ3n) is 5.53. The van der Waals surface area contributed by atoms with Gasteiger partial charge >= 0.3 is 0 Å². The zero-order valence-electron chi connectivity index (χ0n) is 12.5. The highest BCUT2D eigenvalue weighted by Crippen LogP contribution is 2.36. The Balaban J connectivity index is 1.75. The van der Waals surface area contributed by atoms with Crippen molar-refractivity contribution in [2.24, 2.45) is 10.8 Å². The van der Waals surface area contributed by atoms with Crippen LogP contribution in [0.5, 0.6) is 0 Å². The molecule has 2 rings (SSSR count). The molecule has 1 saturated heterocycles. The molecule has 0 amide bonds. The second-order valence-corrected chi connectivity index (χ2v) is 7.08. The largest absolute Gasteiger partial charge is 0.317 e. The number of piperidine rings is 1. The average Bonchev–Trinajstić information content (AvgIpc) is 2.40. The second kappa shape index (κ2) is 6.38. The maximum Gasteiger partial charge on any atom is 0.000889 e. The van der Waals surface area contributed by atoms with Gasteiger partial charge in [0.1, 0.15) is 0 Å². The van der Waals surface area contributed by atoms with Crippen LogP contribution in [0.25, 0.3) is 0 Å². The van der Waals surface area contributed by atoms with Gasteiger partial charge in [-0.1, -0.05) is 33.1 Å². The molecule has 1 aliphatic carbocycles. The van der Waals surface area contributed by atoms with Gasteiger partial charge in [0, 0.05) is 13.1 Å². The van der Waals surface area contributed by atoms with E-state index in [1.807, 2.05) is 0 Å². The van der Waals surface area contributed by atoms with Gasteiger partial charge in [-0.2, -0.15) is 0 Å². The monoisotopic (exact) mass is 252 g/mol. The third-order valence-corrected chi connectivity index (χ3v) is 5.53. The Kier molecular flexibility index (Phi) is 5.08. The van der Waals surface area contributed by atoms with Crippen molar-refractivity contribution in [2.75, 3.05) is 26.2 Å². The predicted molar refractivity (Wildman–Crippen MR) is 78.9 cm³/mol. The molecule has 2 aliphatic rings. The lowest BCUT2D eigenvalue weighted by molar-refractivity contribution is 0.158. The van der Waals surface area contributed by atoms with Crippen LogP contribution in [0.4, 0.5) is 0 Å². The number of hydrogen-bond donors (Lipinski definition) is 2. The molecule has 0 aromatic heterocycles. The fourth-order valence-corrected chi connectivity index (χ4v) is 3.82. The summed E-state index contributed by atoms with van der Waals surface area (Å²) in [7, 11) is 0. The molecule has 1 heterocycles. The molecule has 0 radical (unpaired) electrons. The van der Waals surface area contributed by atoms with Crippen LogP contribution in [-0.2, 0) is 0 Å². The molecule has 1 saturated carbocycles. The van der Waals surface area contributed by atoms with E-state index in [0.29, 0.717) is 10.8 Å². The van der Waals surface area contributed by atoms with Crippen LogP contribution in [0.2, 0.25) is 0 Å². The van der Waals surface area contributed by atoms with Crippen molar-refractivity contribution < 1.29 is 0 Å². The molecule has 18 heavy (non-hydrogen) atoms. The predicted octanol–water partition coefficient (Wildman–Crippen LogP) is 3.33. The van der Waals surface area contributed by atoms with Crippen LogP contribution >= 0.6 is 0 Å². The summed E-state index contributed by atoms with van der Waals surface area (Å²) >= 11 is 0. The lowest BCUT2D eigenvalue weighted by Crippen LogP contribution is -2.45. The van der Waals surface area contributed by atoms with E-state index in [0.717, 1.165) is 0 Å². The van der Waals surface area contributed by atoms with E-state index in [1.54, 1.807) is 0 Å². The molecule has 2 heteroatoms. The highest BCUT2D eigenvalue weighted by molar-refractivity contribution is 4.87. The van der Waals surface area contributed by atoms with E-state index in [-0.39, 0.29) is 0 Å². The van der Waals surface area contributed by atoms with Gasteiger partial charge in [-0.3, -0.25) is 0 Å². The average molecular weight is 252 g/mol. The summed E-state index contributed by atoms with van der Waals surface area (Å²) in [5.41, 5.74) is 1.16. The minimum absolute atomic E-state index is 0.580. The van der Waals surface area contributed by atoms with Crippen LogP contribution in [-0.4, -0.2) is 26.2 Å². The van der Waals surface area contributed by atoms with Gasteiger partial charge in [0.2, 0.25) is 0 Å². The molecule has 106 valence electrons. The van der Waals surface area contributed by atoms with Gasteiger partial charge in [0.05, 0.1) is 0 Å². The molecule has 0 atom stereocenters. The number of rotatable bonds is 5. The van der Waals surface area contributed by atoms with Crippen molar-refractivity contribution in [3.8, 4) is 0 Å². The molecule has 0 bridgehead atoms. The van der Waals surface area contributed by atoms with Gasteiger partial charge in [-0.05, 0) is 56.0 Å². The van der Waals surface area contributed by atoms with Crippen LogP contribution in [0, 0.1) is 10.8 Å². The summed E-state index contributed by atoms with van der Waals surface area (Å²) in [5.74, 6) is 0. The van der Waals surface area contributed by atoms with E-state index in [4.69, 9.17) is 0 Å². The standard InChI is InChI=1S/C16H32N2/c1-3-16(9-11-17-12-10-16)14-18-13-15(2)7-5-4-6-8-15/h17-18H,3-14H2,1-2H3. The Morgan fingerprint density at radius 2 is 1.61 bits per heavy atom. The van der Waals surface area contributed by atoms with Crippen molar-refractivity contribution in [3.63, 3.8) is 0 Å². The van der Waals surface area contributed by atoms with Crippen LogP contribution in [0.1, 0.15) is 65.2 Å². The van der Waals surface area contributed by atoms with Crippen molar-refractivity contribution in [1.29, 1.82) is 0 Å². The molecular weight excluding hydrogens is 220 g/mol. The summed E-state index contributed by atoms with van der Waals surface area (Å²) in [4.78, 5) is 0. The third kappa shape index (κ3) is 3.71. The van der Waals surface area contributed by atoms with Gasteiger partial charge in [0.25, 0.3) is 0 Å². The smallest absolute Gasteiger partial charge is 0.000889 e. The lowest BCUT2D eigenvalue weighted by atomic mass is 9.74. The van der Waals surface area contributed by atoms with Crippen molar-refractivity contribution in [1.82, 2.24) is 10.6 Å². The quantitative estimate of drug-likeness (QED) is 0.784. The topological polar surface area (TPSA) is 24.1 Å². The first-order valence-corrected chi connectivity index (χ1v) is 8.10. The number of nitrogens with one attached hydrogen (secondary N) is 2. The fraction of sp³-hybridized carbons (Fsp3) is 1.00. The Morgan fingerprint density at radius 1 is 0.944 bits per heavy atom. The lowest BCUT2D eigenvalue weighted by Gasteiger charge is -2.39. The van der Waals surface area contributed by atoms with Gasteiger partial charge < -0.3 is 10.6 Å². The zero-order chi connectivity index (χ0) is 12.9. The molecule has 0 aromatic carbocycles. The van der Waals surface area contributed by atoms with Gasteiger partial charge in [0.15, 0.2) is 0 Å². The summed E-state index contributed by atoms with van der Waals surface area (Å²) in [6.45, 7) is 9.76. The van der Waals surface area contributed by atoms with E-state index < -0.39 is 0 Å². The van der Waals surface area contributed by atoms with Crippen LogP contribution in [0.3, 0.4) is 0 Å². The van der Waals surface area contributed by atoms with E-state index in [9.17, 15) is 0 Å². The molecule has 0 aromatic rings. The first-order valence-electron chi connectivity index (χ1n) is 8.10. The SMILES string of the molecule is CCC1(CNCC2(C)CCCCC2)CCNCC1. The molecule has 0 spiro atoms.